The highest BCUT2D eigenvalue weighted by molar-refractivity contribution is 7.09. The summed E-state index contributed by atoms with van der Waals surface area (Å²) in [6, 6.07) is 0.102. The molecule has 0 radical (unpaired) electrons. The Bertz CT molecular complexity index is 677. The number of amides is 2. The number of hydrogen-bond donors (Lipinski definition) is 1. The number of nitrogens with zero attached hydrogens (tertiary/aromatic N) is 4. The molecule has 164 valence electrons. The van der Waals surface area contributed by atoms with E-state index in [4.69, 9.17) is 14.6 Å². The fraction of sp³-hybridized carbons (Fsp3) is 0.706. The van der Waals surface area contributed by atoms with Crippen molar-refractivity contribution in [2.24, 2.45) is 0 Å². The average molecular weight is 438 g/mol. The number of likely N-dealkylation sites (tertiary alicyclic amines) is 1. The van der Waals surface area contributed by atoms with E-state index in [1.54, 1.807) is 30.3 Å². The summed E-state index contributed by atoms with van der Waals surface area (Å²) < 4.78 is 37.9. The van der Waals surface area contributed by atoms with Crippen molar-refractivity contribution >= 4 is 23.3 Å². The van der Waals surface area contributed by atoms with Crippen LogP contribution in [0.3, 0.4) is 0 Å². The number of carbonyl (C=O) groups is 2. The van der Waals surface area contributed by atoms with E-state index in [-0.39, 0.29) is 11.6 Å². The molecular weight excluding hydrogens is 413 g/mol. The van der Waals surface area contributed by atoms with Gasteiger partial charge in [0, 0.05) is 51.9 Å². The summed E-state index contributed by atoms with van der Waals surface area (Å²) in [5.74, 6) is -2.76. The molecule has 0 aromatic carbocycles. The lowest BCUT2D eigenvalue weighted by molar-refractivity contribution is -0.192. The molecular formula is C17H25F3N4O4S. The summed E-state index contributed by atoms with van der Waals surface area (Å²) in [4.78, 5) is 31.3. The molecule has 0 bridgehead atoms. The van der Waals surface area contributed by atoms with Crippen molar-refractivity contribution in [1.29, 1.82) is 0 Å². The second kappa shape index (κ2) is 9.72. The second-order valence-corrected chi connectivity index (χ2v) is 8.11. The predicted octanol–water partition coefficient (Wildman–Crippen LogP) is 2.12. The first-order valence-corrected chi connectivity index (χ1v) is 9.91. The zero-order chi connectivity index (χ0) is 21.7. The SMILES string of the molecule is CN(C)C(=O)N1CCC2(CC1)CN(Cc1nccs1)CCO2.O=C(O)C(F)(F)F. The number of thiazole rings is 1. The molecule has 12 heteroatoms. The fourth-order valence-corrected chi connectivity index (χ4v) is 3.93. The number of carboxylic acid groups (broad SMARTS) is 1. The number of rotatable bonds is 2. The van der Waals surface area contributed by atoms with Gasteiger partial charge >= 0.3 is 18.2 Å². The topological polar surface area (TPSA) is 86.2 Å². The first-order chi connectivity index (χ1) is 13.5. The van der Waals surface area contributed by atoms with Gasteiger partial charge in [-0.15, -0.1) is 11.3 Å². The minimum Gasteiger partial charge on any atom is -0.475 e. The highest BCUT2D eigenvalue weighted by Gasteiger charge is 2.41. The van der Waals surface area contributed by atoms with Crippen LogP contribution in [0, 0.1) is 0 Å². The van der Waals surface area contributed by atoms with Gasteiger partial charge in [0.2, 0.25) is 0 Å². The van der Waals surface area contributed by atoms with Crippen LogP contribution in [0.4, 0.5) is 18.0 Å². The van der Waals surface area contributed by atoms with Crippen LogP contribution < -0.4 is 0 Å². The summed E-state index contributed by atoms with van der Waals surface area (Å²) in [6.07, 6.45) is -1.39. The summed E-state index contributed by atoms with van der Waals surface area (Å²) in [7, 11) is 3.61. The average Bonchev–Trinajstić information content (AvgIpc) is 3.14. The Kier molecular flexibility index (Phi) is 7.83. The van der Waals surface area contributed by atoms with E-state index < -0.39 is 12.1 Å². The number of urea groups is 1. The van der Waals surface area contributed by atoms with E-state index >= 15 is 0 Å². The van der Waals surface area contributed by atoms with E-state index in [9.17, 15) is 18.0 Å². The Balaban J connectivity index is 0.000000370. The van der Waals surface area contributed by atoms with E-state index in [0.717, 1.165) is 57.2 Å². The molecule has 2 fully saturated rings. The Morgan fingerprint density at radius 3 is 2.41 bits per heavy atom. The van der Waals surface area contributed by atoms with E-state index in [0.29, 0.717) is 0 Å². The van der Waals surface area contributed by atoms with Gasteiger partial charge in [0.05, 0.1) is 18.8 Å². The number of piperidine rings is 1. The monoisotopic (exact) mass is 438 g/mol. The van der Waals surface area contributed by atoms with Gasteiger partial charge in [-0.05, 0) is 12.8 Å². The number of ether oxygens (including phenoxy) is 1. The van der Waals surface area contributed by atoms with E-state index in [1.807, 2.05) is 16.5 Å². The van der Waals surface area contributed by atoms with E-state index in [2.05, 4.69) is 9.88 Å². The Labute approximate surface area is 170 Å². The standard InChI is InChI=1S/C15H24N4O2S.C2HF3O2/c1-17(2)14(20)19-6-3-15(4-7-19)12-18(8-9-21-15)11-13-16-5-10-22-13;3-2(4,5)1(6)7/h5,10H,3-4,6-9,11-12H2,1-2H3;(H,6,7). The van der Waals surface area contributed by atoms with Crippen LogP contribution in [0.1, 0.15) is 17.8 Å². The number of carboxylic acids is 1. The zero-order valence-electron chi connectivity index (χ0n) is 16.3. The number of morpholine rings is 1. The maximum absolute atomic E-state index is 12.0. The van der Waals surface area contributed by atoms with Crippen molar-refractivity contribution in [3.05, 3.63) is 16.6 Å². The summed E-state index contributed by atoms with van der Waals surface area (Å²) in [6.45, 7) is 5.14. The molecule has 2 saturated heterocycles. The lowest BCUT2D eigenvalue weighted by Crippen LogP contribution is -2.58. The first-order valence-electron chi connectivity index (χ1n) is 9.03. The maximum atomic E-state index is 12.0. The predicted molar refractivity (Wildman–Crippen MR) is 99.7 cm³/mol. The number of carbonyl (C=O) groups excluding carboxylic acids is 1. The molecule has 1 spiro atoms. The molecule has 29 heavy (non-hydrogen) atoms. The summed E-state index contributed by atoms with van der Waals surface area (Å²) >= 11 is 1.71. The number of aliphatic carboxylic acids is 1. The molecule has 2 aliphatic heterocycles. The van der Waals surface area contributed by atoms with Crippen LogP contribution in [0.15, 0.2) is 11.6 Å². The minimum absolute atomic E-state index is 0.0847. The molecule has 2 aliphatic rings. The molecule has 1 aromatic heterocycles. The van der Waals surface area contributed by atoms with Gasteiger partial charge < -0.3 is 19.6 Å². The first kappa shape index (κ1) is 23.4. The third kappa shape index (κ3) is 6.82. The van der Waals surface area contributed by atoms with Crippen LogP contribution >= 0.6 is 11.3 Å². The molecule has 0 aliphatic carbocycles. The molecule has 0 atom stereocenters. The van der Waals surface area contributed by atoms with Crippen molar-refractivity contribution < 1.29 is 32.6 Å². The Morgan fingerprint density at radius 2 is 1.93 bits per heavy atom. The highest BCUT2D eigenvalue weighted by atomic mass is 32.1. The number of alkyl halides is 3. The normalized spacial score (nSPS) is 19.4. The summed E-state index contributed by atoms with van der Waals surface area (Å²) in [5, 5.41) is 10.3. The molecule has 1 N–H and O–H groups in total. The lowest BCUT2D eigenvalue weighted by Gasteiger charge is -2.47. The molecule has 2 amide bonds. The van der Waals surface area contributed by atoms with Crippen LogP contribution in [-0.2, 0) is 16.1 Å². The summed E-state index contributed by atoms with van der Waals surface area (Å²) in [5.41, 5.74) is -0.0847. The Morgan fingerprint density at radius 1 is 1.31 bits per heavy atom. The van der Waals surface area contributed by atoms with Crippen molar-refractivity contribution in [1.82, 2.24) is 19.7 Å². The van der Waals surface area contributed by atoms with Gasteiger partial charge in [-0.3, -0.25) is 4.90 Å². The fourth-order valence-electron chi connectivity index (χ4n) is 3.27. The minimum atomic E-state index is -5.08. The van der Waals surface area contributed by atoms with Crippen molar-refractivity contribution in [2.45, 2.75) is 31.2 Å². The molecule has 1 aromatic rings. The Hall–Kier alpha value is -1.92. The van der Waals surface area contributed by atoms with Crippen molar-refractivity contribution in [3.8, 4) is 0 Å². The smallest absolute Gasteiger partial charge is 0.475 e. The van der Waals surface area contributed by atoms with Crippen molar-refractivity contribution in [3.63, 3.8) is 0 Å². The van der Waals surface area contributed by atoms with Gasteiger partial charge in [-0.2, -0.15) is 13.2 Å². The number of aromatic nitrogens is 1. The van der Waals surface area contributed by atoms with Gasteiger partial charge in [-0.1, -0.05) is 0 Å². The third-order valence-electron chi connectivity index (χ3n) is 4.74. The van der Waals surface area contributed by atoms with Gasteiger partial charge in [0.25, 0.3) is 0 Å². The number of halogens is 3. The van der Waals surface area contributed by atoms with Crippen LogP contribution in [-0.4, -0.2) is 95.4 Å². The van der Waals surface area contributed by atoms with E-state index in [1.165, 1.54) is 0 Å². The maximum Gasteiger partial charge on any atom is 0.490 e. The lowest BCUT2D eigenvalue weighted by atomic mass is 9.89. The quantitative estimate of drug-likeness (QED) is 0.761. The van der Waals surface area contributed by atoms with Gasteiger partial charge in [0.1, 0.15) is 5.01 Å². The van der Waals surface area contributed by atoms with Crippen molar-refractivity contribution in [2.75, 3.05) is 46.9 Å². The molecule has 8 nitrogen and oxygen atoms in total. The molecule has 3 heterocycles. The number of hydrogen-bond acceptors (Lipinski definition) is 6. The molecule has 3 rings (SSSR count). The van der Waals surface area contributed by atoms with Crippen LogP contribution in [0.5, 0.6) is 0 Å². The highest BCUT2D eigenvalue weighted by Crippen LogP contribution is 2.31. The van der Waals surface area contributed by atoms with Gasteiger partial charge in [0.15, 0.2) is 0 Å². The molecule has 0 saturated carbocycles. The molecule has 0 unspecified atom stereocenters. The van der Waals surface area contributed by atoms with Gasteiger partial charge in [-0.25, -0.2) is 14.6 Å². The van der Waals surface area contributed by atoms with Crippen LogP contribution in [0.2, 0.25) is 0 Å². The zero-order valence-corrected chi connectivity index (χ0v) is 17.1. The van der Waals surface area contributed by atoms with Crippen LogP contribution in [0.25, 0.3) is 0 Å². The largest absolute Gasteiger partial charge is 0.490 e. The third-order valence-corrected chi connectivity index (χ3v) is 5.50. The second-order valence-electron chi connectivity index (χ2n) is 7.13.